The summed E-state index contributed by atoms with van der Waals surface area (Å²) in [6.45, 7) is 3.57. The maximum atomic E-state index is 12.7. The number of hydrogen-bond acceptors (Lipinski definition) is 1. The molecule has 0 heterocycles. The molecule has 0 aliphatic rings. The molecule has 0 saturated heterocycles. The second kappa shape index (κ2) is 4.53. The second-order valence-corrected chi connectivity index (χ2v) is 3.73. The Morgan fingerprint density at radius 1 is 1.50 bits per heavy atom. The van der Waals surface area contributed by atoms with Crippen LogP contribution in [0, 0.1) is 5.82 Å². The van der Waals surface area contributed by atoms with E-state index in [1.165, 1.54) is 23.9 Å². The molecule has 12 heavy (non-hydrogen) atoms. The largest absolute Gasteiger partial charge is 0.207 e. The zero-order chi connectivity index (χ0) is 8.97. The van der Waals surface area contributed by atoms with Crippen molar-refractivity contribution in [1.82, 2.24) is 0 Å². The molecule has 0 spiro atoms. The van der Waals surface area contributed by atoms with E-state index < -0.39 is 0 Å². The zero-order valence-corrected chi connectivity index (χ0v) is 7.96. The summed E-state index contributed by atoms with van der Waals surface area (Å²) in [6, 6.07) is 4.48. The number of thioether (sulfide) groups is 1. The third-order valence-electron chi connectivity index (χ3n) is 1.20. The van der Waals surface area contributed by atoms with Crippen molar-refractivity contribution in [3.63, 3.8) is 0 Å². The van der Waals surface area contributed by atoms with Crippen molar-refractivity contribution in [2.75, 3.05) is 5.75 Å². The molecule has 0 nitrogen and oxygen atoms in total. The van der Waals surface area contributed by atoms with Crippen LogP contribution in [-0.2, 0) is 0 Å². The fourth-order valence-corrected chi connectivity index (χ4v) is 1.77. The van der Waals surface area contributed by atoms with Gasteiger partial charge in [0.05, 0.1) is 0 Å². The van der Waals surface area contributed by atoms with Gasteiger partial charge >= 0.3 is 0 Å². The normalized spacial score (nSPS) is 9.83. The van der Waals surface area contributed by atoms with E-state index in [-0.39, 0.29) is 5.82 Å². The fraction of sp³-hybridized carbons (Fsp3) is 0.111. The first-order valence-electron chi connectivity index (χ1n) is 3.42. The Bertz CT molecular complexity index is 266. The molecule has 0 N–H and O–H groups in total. The quantitative estimate of drug-likeness (QED) is 0.531. The highest BCUT2D eigenvalue weighted by atomic mass is 35.5. The van der Waals surface area contributed by atoms with Gasteiger partial charge < -0.3 is 0 Å². The van der Waals surface area contributed by atoms with Gasteiger partial charge in [-0.05, 0) is 18.2 Å². The Balaban J connectivity index is 2.78. The predicted molar refractivity (Wildman–Crippen MR) is 52.3 cm³/mol. The van der Waals surface area contributed by atoms with Gasteiger partial charge in [0.1, 0.15) is 5.82 Å². The Kier molecular flexibility index (Phi) is 3.63. The molecule has 1 rings (SSSR count). The first-order valence-corrected chi connectivity index (χ1v) is 4.78. The first kappa shape index (κ1) is 9.62. The first-order chi connectivity index (χ1) is 5.72. The topological polar surface area (TPSA) is 0 Å². The third kappa shape index (κ3) is 2.88. The maximum absolute atomic E-state index is 12.7. The van der Waals surface area contributed by atoms with Gasteiger partial charge in [0.25, 0.3) is 0 Å². The van der Waals surface area contributed by atoms with E-state index in [9.17, 15) is 4.39 Å². The van der Waals surface area contributed by atoms with Crippen LogP contribution in [0.5, 0.6) is 0 Å². The SMILES string of the molecule is C=CCSc1cc(F)cc(Cl)c1. The summed E-state index contributed by atoms with van der Waals surface area (Å²) < 4.78 is 12.7. The third-order valence-corrected chi connectivity index (χ3v) is 2.39. The molecule has 0 radical (unpaired) electrons. The van der Waals surface area contributed by atoms with Crippen LogP contribution in [-0.4, -0.2) is 5.75 Å². The molecular formula is C9H8ClFS. The average molecular weight is 203 g/mol. The molecule has 0 amide bonds. The van der Waals surface area contributed by atoms with E-state index in [1.54, 1.807) is 12.1 Å². The fourth-order valence-electron chi connectivity index (χ4n) is 0.767. The van der Waals surface area contributed by atoms with Gasteiger partial charge in [0.15, 0.2) is 0 Å². The van der Waals surface area contributed by atoms with Crippen molar-refractivity contribution in [2.24, 2.45) is 0 Å². The molecule has 0 saturated carbocycles. The van der Waals surface area contributed by atoms with E-state index in [4.69, 9.17) is 11.6 Å². The highest BCUT2D eigenvalue weighted by Crippen LogP contribution is 2.23. The monoisotopic (exact) mass is 202 g/mol. The van der Waals surface area contributed by atoms with Crippen molar-refractivity contribution in [3.05, 3.63) is 41.7 Å². The molecule has 0 unspecified atom stereocenters. The summed E-state index contributed by atoms with van der Waals surface area (Å²) >= 11 is 7.16. The second-order valence-electron chi connectivity index (χ2n) is 2.20. The predicted octanol–water partition coefficient (Wildman–Crippen LogP) is 3.76. The van der Waals surface area contributed by atoms with Gasteiger partial charge in [-0.3, -0.25) is 0 Å². The Morgan fingerprint density at radius 3 is 2.83 bits per heavy atom. The molecule has 3 heteroatoms. The lowest BCUT2D eigenvalue weighted by Gasteiger charge is -1.99. The van der Waals surface area contributed by atoms with Crippen molar-refractivity contribution in [3.8, 4) is 0 Å². The van der Waals surface area contributed by atoms with E-state index in [1.807, 2.05) is 0 Å². The van der Waals surface area contributed by atoms with Crippen molar-refractivity contribution in [2.45, 2.75) is 4.90 Å². The van der Waals surface area contributed by atoms with Crippen LogP contribution in [0.4, 0.5) is 4.39 Å². The standard InChI is InChI=1S/C9H8ClFS/c1-2-3-12-9-5-7(10)4-8(11)6-9/h2,4-6H,1,3H2. The maximum Gasteiger partial charge on any atom is 0.125 e. The minimum atomic E-state index is -0.297. The average Bonchev–Trinajstić information content (AvgIpc) is 1.99. The molecule has 0 bridgehead atoms. The highest BCUT2D eigenvalue weighted by molar-refractivity contribution is 7.99. The van der Waals surface area contributed by atoms with Crippen LogP contribution in [0.2, 0.25) is 5.02 Å². The number of halogens is 2. The molecule has 0 aromatic heterocycles. The molecule has 0 atom stereocenters. The summed E-state index contributed by atoms with van der Waals surface area (Å²) in [7, 11) is 0. The van der Waals surface area contributed by atoms with Crippen LogP contribution in [0.3, 0.4) is 0 Å². The van der Waals surface area contributed by atoms with Crippen molar-refractivity contribution < 1.29 is 4.39 Å². The summed E-state index contributed by atoms with van der Waals surface area (Å²) in [6.07, 6.45) is 1.77. The Labute approximate surface area is 80.4 Å². The van der Waals surface area contributed by atoms with E-state index >= 15 is 0 Å². The van der Waals surface area contributed by atoms with Gasteiger partial charge in [0.2, 0.25) is 0 Å². The lowest BCUT2D eigenvalue weighted by Crippen LogP contribution is -1.78. The lowest BCUT2D eigenvalue weighted by molar-refractivity contribution is 0.624. The van der Waals surface area contributed by atoms with Gasteiger partial charge in [0, 0.05) is 15.7 Å². The molecule has 1 aromatic rings. The minimum Gasteiger partial charge on any atom is -0.207 e. The number of benzene rings is 1. The molecule has 0 aliphatic carbocycles. The summed E-state index contributed by atoms with van der Waals surface area (Å²) in [5, 5.41) is 0.432. The van der Waals surface area contributed by atoms with Crippen LogP contribution in [0.25, 0.3) is 0 Å². The Hall–Kier alpha value is -0.470. The molecule has 0 fully saturated rings. The summed E-state index contributed by atoms with van der Waals surface area (Å²) in [5.74, 6) is 0.467. The highest BCUT2D eigenvalue weighted by Gasteiger charge is 1.98. The lowest BCUT2D eigenvalue weighted by atomic mass is 10.3. The zero-order valence-electron chi connectivity index (χ0n) is 6.39. The number of hydrogen-bond donors (Lipinski definition) is 0. The van der Waals surface area contributed by atoms with Gasteiger partial charge in [-0.1, -0.05) is 17.7 Å². The molecule has 64 valence electrons. The van der Waals surface area contributed by atoms with Crippen molar-refractivity contribution in [1.29, 1.82) is 0 Å². The van der Waals surface area contributed by atoms with Crippen LogP contribution < -0.4 is 0 Å². The summed E-state index contributed by atoms with van der Waals surface area (Å²) in [4.78, 5) is 0.833. The summed E-state index contributed by atoms with van der Waals surface area (Å²) in [5.41, 5.74) is 0. The van der Waals surface area contributed by atoms with E-state index in [2.05, 4.69) is 6.58 Å². The minimum absolute atomic E-state index is 0.297. The molecular weight excluding hydrogens is 195 g/mol. The van der Waals surface area contributed by atoms with E-state index in [0.717, 1.165) is 10.6 Å². The molecule has 0 aliphatic heterocycles. The van der Waals surface area contributed by atoms with Crippen molar-refractivity contribution >= 4 is 23.4 Å². The van der Waals surface area contributed by atoms with E-state index in [0.29, 0.717) is 5.02 Å². The number of rotatable bonds is 3. The van der Waals surface area contributed by atoms with Gasteiger partial charge in [-0.25, -0.2) is 4.39 Å². The van der Waals surface area contributed by atoms with Gasteiger partial charge in [-0.2, -0.15) is 0 Å². The van der Waals surface area contributed by atoms with Crippen LogP contribution >= 0.6 is 23.4 Å². The Morgan fingerprint density at radius 2 is 2.25 bits per heavy atom. The van der Waals surface area contributed by atoms with Crippen LogP contribution in [0.1, 0.15) is 0 Å². The van der Waals surface area contributed by atoms with Crippen LogP contribution in [0.15, 0.2) is 35.7 Å². The van der Waals surface area contributed by atoms with Gasteiger partial charge in [-0.15, -0.1) is 18.3 Å². The smallest absolute Gasteiger partial charge is 0.125 e. The molecule has 1 aromatic carbocycles.